The molecule has 1 atom stereocenters. The van der Waals surface area contributed by atoms with E-state index in [1.54, 1.807) is 0 Å². The number of hydrogen-bond acceptors (Lipinski definition) is 3. The first kappa shape index (κ1) is 11.2. The highest BCUT2D eigenvalue weighted by molar-refractivity contribution is 5.69. The lowest BCUT2D eigenvalue weighted by Crippen LogP contribution is -2.20. The van der Waals surface area contributed by atoms with Gasteiger partial charge in [-0.05, 0) is 37.8 Å². The Morgan fingerprint density at radius 1 is 1.69 bits per heavy atom. The lowest BCUT2D eigenvalue weighted by atomic mass is 9.93. The highest BCUT2D eigenvalue weighted by Crippen LogP contribution is 2.30. The molecule has 0 saturated carbocycles. The van der Waals surface area contributed by atoms with Crippen LogP contribution in [0, 0.1) is 6.92 Å². The van der Waals surface area contributed by atoms with E-state index < -0.39 is 0 Å². The number of aryl methyl sites for hydroxylation is 1. The van der Waals surface area contributed by atoms with Crippen LogP contribution in [0.4, 0.5) is 0 Å². The Labute approximate surface area is 95.4 Å². The smallest absolute Gasteiger partial charge is 0.325 e. The van der Waals surface area contributed by atoms with E-state index in [1.807, 2.05) is 11.5 Å². The van der Waals surface area contributed by atoms with Crippen LogP contribution in [0.25, 0.3) is 0 Å². The average Bonchev–Trinajstić information content (AvgIpc) is 2.58. The van der Waals surface area contributed by atoms with E-state index in [0.717, 1.165) is 25.0 Å². The predicted molar refractivity (Wildman–Crippen MR) is 61.1 cm³/mol. The molecule has 0 fully saturated rings. The maximum absolute atomic E-state index is 11.3. The molecule has 0 saturated heterocycles. The average molecular weight is 222 g/mol. The highest BCUT2D eigenvalue weighted by Gasteiger charge is 2.22. The Bertz CT molecular complexity index is 409. The van der Waals surface area contributed by atoms with Gasteiger partial charge in [-0.2, -0.15) is 0 Å². The zero-order valence-electron chi connectivity index (χ0n) is 9.82. The Hall–Kier alpha value is -1.29. The standard InChI is InChI=1S/C12H18N2O2/c1-8-6-9-10(13)4-3-5-11(9)14(8)7-12(15)16-2/h6,10H,3-5,7,13H2,1-2H3. The van der Waals surface area contributed by atoms with Crippen LogP contribution < -0.4 is 5.73 Å². The number of esters is 1. The summed E-state index contributed by atoms with van der Waals surface area (Å²) in [6.45, 7) is 2.30. The molecule has 4 heteroatoms. The summed E-state index contributed by atoms with van der Waals surface area (Å²) in [5, 5.41) is 0. The number of fused-ring (bicyclic) bond motifs is 1. The molecule has 1 aromatic heterocycles. The Kier molecular flexibility index (Phi) is 3.01. The van der Waals surface area contributed by atoms with Crippen molar-refractivity contribution >= 4 is 5.97 Å². The van der Waals surface area contributed by atoms with Gasteiger partial charge < -0.3 is 15.0 Å². The Morgan fingerprint density at radius 2 is 2.44 bits per heavy atom. The van der Waals surface area contributed by atoms with Crippen molar-refractivity contribution in [3.63, 3.8) is 0 Å². The Morgan fingerprint density at radius 3 is 3.12 bits per heavy atom. The van der Waals surface area contributed by atoms with Gasteiger partial charge in [0.15, 0.2) is 0 Å². The van der Waals surface area contributed by atoms with Crippen molar-refractivity contribution in [2.24, 2.45) is 5.73 Å². The molecule has 2 N–H and O–H groups in total. The monoisotopic (exact) mass is 222 g/mol. The molecule has 1 unspecified atom stereocenters. The second-order valence-electron chi connectivity index (χ2n) is 4.35. The molecule has 1 aromatic rings. The lowest BCUT2D eigenvalue weighted by Gasteiger charge is -2.20. The van der Waals surface area contributed by atoms with Crippen molar-refractivity contribution in [2.75, 3.05) is 7.11 Å². The van der Waals surface area contributed by atoms with Crippen molar-refractivity contribution in [3.05, 3.63) is 23.0 Å². The molecule has 0 radical (unpaired) electrons. The van der Waals surface area contributed by atoms with Gasteiger partial charge in [-0.3, -0.25) is 4.79 Å². The first-order valence-electron chi connectivity index (χ1n) is 5.64. The van der Waals surface area contributed by atoms with Gasteiger partial charge in [0.05, 0.1) is 7.11 Å². The molecule has 4 nitrogen and oxygen atoms in total. The van der Waals surface area contributed by atoms with E-state index in [0.29, 0.717) is 6.54 Å². The minimum absolute atomic E-state index is 0.126. The number of rotatable bonds is 2. The SMILES string of the molecule is COC(=O)Cn1c(C)cc2c1CCCC2N. The number of nitrogens with two attached hydrogens (primary N) is 1. The van der Waals surface area contributed by atoms with Crippen LogP contribution in [0.15, 0.2) is 6.07 Å². The molecular weight excluding hydrogens is 204 g/mol. The highest BCUT2D eigenvalue weighted by atomic mass is 16.5. The zero-order valence-corrected chi connectivity index (χ0v) is 9.82. The lowest BCUT2D eigenvalue weighted by molar-refractivity contribution is -0.141. The second kappa shape index (κ2) is 4.29. The molecular formula is C12H18N2O2. The summed E-state index contributed by atoms with van der Waals surface area (Å²) in [5.41, 5.74) is 9.56. The summed E-state index contributed by atoms with van der Waals surface area (Å²) in [6.07, 6.45) is 3.14. The number of carbonyl (C=O) groups is 1. The summed E-state index contributed by atoms with van der Waals surface area (Å²) in [7, 11) is 1.42. The summed E-state index contributed by atoms with van der Waals surface area (Å²) in [5.74, 6) is -0.208. The van der Waals surface area contributed by atoms with Crippen LogP contribution in [0.1, 0.15) is 35.8 Å². The molecule has 1 aliphatic carbocycles. The molecule has 88 valence electrons. The number of nitrogens with zero attached hydrogens (tertiary/aromatic N) is 1. The van der Waals surface area contributed by atoms with Crippen molar-refractivity contribution in [1.29, 1.82) is 0 Å². The minimum Gasteiger partial charge on any atom is -0.468 e. The molecule has 16 heavy (non-hydrogen) atoms. The summed E-state index contributed by atoms with van der Waals surface area (Å²) in [6, 6.07) is 2.23. The predicted octanol–water partition coefficient (Wildman–Crippen LogP) is 1.31. The minimum atomic E-state index is -0.208. The molecule has 1 aliphatic rings. The van der Waals surface area contributed by atoms with Gasteiger partial charge in [0.2, 0.25) is 0 Å². The van der Waals surface area contributed by atoms with E-state index >= 15 is 0 Å². The third-order valence-corrected chi connectivity index (χ3v) is 3.29. The second-order valence-corrected chi connectivity index (χ2v) is 4.35. The van der Waals surface area contributed by atoms with Crippen molar-refractivity contribution in [3.8, 4) is 0 Å². The number of aromatic nitrogens is 1. The fourth-order valence-electron chi connectivity index (χ4n) is 2.41. The van der Waals surface area contributed by atoms with Gasteiger partial charge >= 0.3 is 5.97 Å². The Balaban J connectivity index is 2.34. The maximum atomic E-state index is 11.3. The van der Waals surface area contributed by atoms with E-state index in [-0.39, 0.29) is 12.0 Å². The number of carbonyl (C=O) groups excluding carboxylic acids is 1. The fourth-order valence-corrected chi connectivity index (χ4v) is 2.41. The summed E-state index contributed by atoms with van der Waals surface area (Å²) >= 11 is 0. The maximum Gasteiger partial charge on any atom is 0.325 e. The third kappa shape index (κ3) is 1.85. The van der Waals surface area contributed by atoms with Crippen molar-refractivity contribution < 1.29 is 9.53 Å². The van der Waals surface area contributed by atoms with Gasteiger partial charge in [0.1, 0.15) is 6.54 Å². The third-order valence-electron chi connectivity index (χ3n) is 3.29. The van der Waals surface area contributed by atoms with E-state index in [2.05, 4.69) is 6.07 Å². The first-order chi connectivity index (χ1) is 7.63. The molecule has 0 amide bonds. The first-order valence-corrected chi connectivity index (χ1v) is 5.64. The normalized spacial score (nSPS) is 19.3. The van der Waals surface area contributed by atoms with Gasteiger partial charge in [0.25, 0.3) is 0 Å². The van der Waals surface area contributed by atoms with Crippen LogP contribution in [0.3, 0.4) is 0 Å². The van der Waals surface area contributed by atoms with Crippen LogP contribution in [-0.4, -0.2) is 17.6 Å². The largest absolute Gasteiger partial charge is 0.468 e. The number of hydrogen-bond donors (Lipinski definition) is 1. The van der Waals surface area contributed by atoms with Crippen LogP contribution >= 0.6 is 0 Å². The van der Waals surface area contributed by atoms with E-state index in [4.69, 9.17) is 10.5 Å². The van der Waals surface area contributed by atoms with Gasteiger partial charge in [-0.15, -0.1) is 0 Å². The van der Waals surface area contributed by atoms with Crippen molar-refractivity contribution in [2.45, 2.75) is 38.8 Å². The summed E-state index contributed by atoms with van der Waals surface area (Å²) < 4.78 is 6.73. The molecule has 0 bridgehead atoms. The molecule has 0 spiro atoms. The number of methoxy groups -OCH3 is 1. The van der Waals surface area contributed by atoms with Gasteiger partial charge in [-0.1, -0.05) is 0 Å². The van der Waals surface area contributed by atoms with Crippen LogP contribution in [0.5, 0.6) is 0 Å². The van der Waals surface area contributed by atoms with E-state index in [9.17, 15) is 4.79 Å². The van der Waals surface area contributed by atoms with Crippen molar-refractivity contribution in [1.82, 2.24) is 4.57 Å². The van der Waals surface area contributed by atoms with Crippen LogP contribution in [-0.2, 0) is 22.5 Å². The number of ether oxygens (including phenoxy) is 1. The molecule has 0 aliphatic heterocycles. The zero-order chi connectivity index (χ0) is 11.7. The van der Waals surface area contributed by atoms with Gasteiger partial charge in [0, 0.05) is 17.4 Å². The molecule has 1 heterocycles. The molecule has 0 aromatic carbocycles. The van der Waals surface area contributed by atoms with E-state index in [1.165, 1.54) is 18.4 Å². The summed E-state index contributed by atoms with van der Waals surface area (Å²) in [4.78, 5) is 11.3. The fraction of sp³-hybridized carbons (Fsp3) is 0.583. The van der Waals surface area contributed by atoms with Gasteiger partial charge in [-0.25, -0.2) is 0 Å². The quantitative estimate of drug-likeness (QED) is 0.767. The molecule has 2 rings (SSSR count). The topological polar surface area (TPSA) is 57.2 Å². The van der Waals surface area contributed by atoms with Crippen LogP contribution in [0.2, 0.25) is 0 Å².